The molecule has 1 aromatic carbocycles. The standard InChI is InChI=1S/C21H31F3N4O2/c1-4-30-20(29)28-12-9-18(10-13-28)27-19(25-3)26-11-8-15(2)16-6-5-7-17(14-16)21(22,23)24/h5-7,14-15,18H,4,8-13H2,1-3H3,(H2,25,26,27). The van der Waals surface area contributed by atoms with Gasteiger partial charge in [-0.25, -0.2) is 4.79 Å². The normalized spacial score (nSPS) is 16.9. The monoisotopic (exact) mass is 428 g/mol. The summed E-state index contributed by atoms with van der Waals surface area (Å²) >= 11 is 0. The number of carbonyl (C=O) groups is 1. The van der Waals surface area contributed by atoms with Crippen LogP contribution in [-0.2, 0) is 10.9 Å². The molecule has 1 aromatic rings. The molecule has 6 nitrogen and oxygen atoms in total. The molecule has 0 bridgehead atoms. The molecule has 1 saturated heterocycles. The van der Waals surface area contributed by atoms with Crippen molar-refractivity contribution in [3.8, 4) is 0 Å². The van der Waals surface area contributed by atoms with Crippen LogP contribution < -0.4 is 10.6 Å². The number of ether oxygens (including phenoxy) is 1. The molecule has 0 spiro atoms. The van der Waals surface area contributed by atoms with Crippen LogP contribution in [0.1, 0.15) is 50.2 Å². The highest BCUT2D eigenvalue weighted by Gasteiger charge is 2.30. The summed E-state index contributed by atoms with van der Waals surface area (Å²) in [6.45, 7) is 5.90. The molecule has 1 amide bonds. The Hall–Kier alpha value is -2.45. The molecule has 9 heteroatoms. The summed E-state index contributed by atoms with van der Waals surface area (Å²) in [5, 5.41) is 6.58. The molecule has 2 N–H and O–H groups in total. The number of aliphatic imine (C=N–C) groups is 1. The first kappa shape index (κ1) is 23.8. The lowest BCUT2D eigenvalue weighted by atomic mass is 9.96. The lowest BCUT2D eigenvalue weighted by molar-refractivity contribution is -0.137. The van der Waals surface area contributed by atoms with E-state index in [0.717, 1.165) is 18.9 Å². The van der Waals surface area contributed by atoms with E-state index >= 15 is 0 Å². The molecule has 0 saturated carbocycles. The van der Waals surface area contributed by atoms with Gasteiger partial charge in [-0.3, -0.25) is 4.99 Å². The SMILES string of the molecule is CCOC(=O)N1CCC(NC(=NC)NCCC(C)c2cccc(C(F)(F)F)c2)CC1. The Morgan fingerprint density at radius 1 is 1.33 bits per heavy atom. The third kappa shape index (κ3) is 7.11. The fourth-order valence-electron chi connectivity index (χ4n) is 3.40. The molecule has 30 heavy (non-hydrogen) atoms. The number of hydrogen-bond donors (Lipinski definition) is 2. The maximum atomic E-state index is 12.9. The molecule has 1 fully saturated rings. The van der Waals surface area contributed by atoms with Crippen LogP contribution in [0.15, 0.2) is 29.3 Å². The van der Waals surface area contributed by atoms with E-state index in [1.165, 1.54) is 12.1 Å². The molecule has 1 unspecified atom stereocenters. The van der Waals surface area contributed by atoms with Gasteiger partial charge in [0.25, 0.3) is 0 Å². The Bertz CT molecular complexity index is 716. The Balaban J connectivity index is 1.77. The topological polar surface area (TPSA) is 66.0 Å². The van der Waals surface area contributed by atoms with E-state index < -0.39 is 11.7 Å². The van der Waals surface area contributed by atoms with Gasteiger partial charge < -0.3 is 20.3 Å². The number of amides is 1. The smallest absolute Gasteiger partial charge is 0.416 e. The summed E-state index contributed by atoms with van der Waals surface area (Å²) in [4.78, 5) is 17.7. The zero-order chi connectivity index (χ0) is 22.1. The lowest BCUT2D eigenvalue weighted by Crippen LogP contribution is -2.50. The Kier molecular flexibility index (Phi) is 8.80. The zero-order valence-electron chi connectivity index (χ0n) is 17.8. The van der Waals surface area contributed by atoms with Crippen LogP contribution in [0.25, 0.3) is 0 Å². The lowest BCUT2D eigenvalue weighted by Gasteiger charge is -2.32. The summed E-state index contributed by atoms with van der Waals surface area (Å²) in [6, 6.07) is 5.68. The molecule has 1 atom stereocenters. The number of hydrogen-bond acceptors (Lipinski definition) is 3. The van der Waals surface area contributed by atoms with Crippen LogP contribution in [0, 0.1) is 0 Å². The summed E-state index contributed by atoms with van der Waals surface area (Å²) in [6.07, 6.45) is -2.35. The van der Waals surface area contributed by atoms with Crippen molar-refractivity contribution in [3.05, 3.63) is 35.4 Å². The predicted molar refractivity (Wildman–Crippen MR) is 111 cm³/mol. The van der Waals surface area contributed by atoms with E-state index in [2.05, 4.69) is 15.6 Å². The highest BCUT2D eigenvalue weighted by molar-refractivity contribution is 5.80. The Morgan fingerprint density at radius 3 is 2.63 bits per heavy atom. The molecule has 1 heterocycles. The molecule has 0 aromatic heterocycles. The van der Waals surface area contributed by atoms with Crippen molar-refractivity contribution in [3.63, 3.8) is 0 Å². The maximum Gasteiger partial charge on any atom is 0.416 e. The number of halogens is 3. The molecule has 1 aliphatic rings. The van der Waals surface area contributed by atoms with Crippen molar-refractivity contribution in [2.24, 2.45) is 4.99 Å². The number of likely N-dealkylation sites (tertiary alicyclic amines) is 1. The minimum Gasteiger partial charge on any atom is -0.450 e. The fraction of sp³-hybridized carbons (Fsp3) is 0.619. The van der Waals surface area contributed by atoms with Crippen molar-refractivity contribution in [2.45, 2.75) is 51.2 Å². The highest BCUT2D eigenvalue weighted by Crippen LogP contribution is 2.31. The second-order valence-corrected chi connectivity index (χ2v) is 7.42. The van der Waals surface area contributed by atoms with Crippen LogP contribution in [0.4, 0.5) is 18.0 Å². The van der Waals surface area contributed by atoms with Gasteiger partial charge in [-0.2, -0.15) is 13.2 Å². The summed E-state index contributed by atoms with van der Waals surface area (Å²) in [5.41, 5.74) is 0.0485. The van der Waals surface area contributed by atoms with E-state index in [0.29, 0.717) is 44.2 Å². The summed E-state index contributed by atoms with van der Waals surface area (Å²) in [7, 11) is 1.68. The van der Waals surface area contributed by atoms with Gasteiger partial charge in [0.1, 0.15) is 0 Å². The van der Waals surface area contributed by atoms with Gasteiger partial charge in [0, 0.05) is 32.7 Å². The van der Waals surface area contributed by atoms with Gasteiger partial charge in [-0.15, -0.1) is 0 Å². The number of rotatable bonds is 6. The maximum absolute atomic E-state index is 12.9. The van der Waals surface area contributed by atoms with Gasteiger partial charge in [0.2, 0.25) is 0 Å². The van der Waals surface area contributed by atoms with Crippen molar-refractivity contribution >= 4 is 12.1 Å². The third-order valence-corrected chi connectivity index (χ3v) is 5.24. The Labute approximate surface area is 175 Å². The number of benzene rings is 1. The number of alkyl halides is 3. The van der Waals surface area contributed by atoms with Crippen molar-refractivity contribution in [2.75, 3.05) is 33.3 Å². The van der Waals surface area contributed by atoms with Crippen molar-refractivity contribution in [1.29, 1.82) is 0 Å². The number of piperidine rings is 1. The van der Waals surface area contributed by atoms with Gasteiger partial charge in [-0.1, -0.05) is 25.1 Å². The van der Waals surface area contributed by atoms with Crippen LogP contribution in [0.5, 0.6) is 0 Å². The fourth-order valence-corrected chi connectivity index (χ4v) is 3.40. The quantitative estimate of drug-likeness (QED) is 0.531. The summed E-state index contributed by atoms with van der Waals surface area (Å²) in [5.74, 6) is 0.631. The van der Waals surface area contributed by atoms with E-state index in [1.807, 2.05) is 6.92 Å². The number of guanidine groups is 1. The van der Waals surface area contributed by atoms with Crippen LogP contribution in [0.3, 0.4) is 0 Å². The molecular formula is C21H31F3N4O2. The van der Waals surface area contributed by atoms with Gasteiger partial charge in [0.15, 0.2) is 5.96 Å². The first-order chi connectivity index (χ1) is 14.2. The molecule has 1 aliphatic heterocycles. The van der Waals surface area contributed by atoms with Crippen LogP contribution in [0.2, 0.25) is 0 Å². The van der Waals surface area contributed by atoms with E-state index in [9.17, 15) is 18.0 Å². The highest BCUT2D eigenvalue weighted by atomic mass is 19.4. The predicted octanol–water partition coefficient (Wildman–Crippen LogP) is 3.98. The second-order valence-electron chi connectivity index (χ2n) is 7.42. The van der Waals surface area contributed by atoms with Gasteiger partial charge in [0.05, 0.1) is 12.2 Å². The molecule has 0 aliphatic carbocycles. The zero-order valence-corrected chi connectivity index (χ0v) is 17.8. The first-order valence-electron chi connectivity index (χ1n) is 10.3. The van der Waals surface area contributed by atoms with Crippen LogP contribution in [-0.4, -0.2) is 56.3 Å². The third-order valence-electron chi connectivity index (χ3n) is 5.24. The van der Waals surface area contributed by atoms with Crippen molar-refractivity contribution in [1.82, 2.24) is 15.5 Å². The molecule has 168 valence electrons. The number of nitrogens with one attached hydrogen (secondary N) is 2. The van der Waals surface area contributed by atoms with E-state index in [-0.39, 0.29) is 18.1 Å². The largest absolute Gasteiger partial charge is 0.450 e. The second kappa shape index (κ2) is 11.1. The minimum atomic E-state index is -4.33. The minimum absolute atomic E-state index is 0.0225. The van der Waals surface area contributed by atoms with E-state index in [4.69, 9.17) is 4.74 Å². The first-order valence-corrected chi connectivity index (χ1v) is 10.3. The summed E-state index contributed by atoms with van der Waals surface area (Å²) < 4.78 is 43.7. The van der Waals surface area contributed by atoms with E-state index in [1.54, 1.807) is 24.9 Å². The molecular weight excluding hydrogens is 397 g/mol. The van der Waals surface area contributed by atoms with Gasteiger partial charge >= 0.3 is 12.3 Å². The average molecular weight is 428 g/mol. The Morgan fingerprint density at radius 2 is 2.03 bits per heavy atom. The van der Waals surface area contributed by atoms with Crippen LogP contribution >= 0.6 is 0 Å². The average Bonchev–Trinajstić information content (AvgIpc) is 2.73. The molecule has 0 radical (unpaired) electrons. The van der Waals surface area contributed by atoms with Crippen molar-refractivity contribution < 1.29 is 22.7 Å². The number of carbonyl (C=O) groups excluding carboxylic acids is 1. The number of nitrogens with zero attached hydrogens (tertiary/aromatic N) is 2. The molecule has 2 rings (SSSR count). The van der Waals surface area contributed by atoms with Gasteiger partial charge in [-0.05, 0) is 43.7 Å².